The standard InChI is InChI=1S/C20H29N5O3S/c1-3-14-25(15-4-2)29(26,27)19-11-9-17(10-12-19)20-23-18(16-28-20)8-6-5-7-13-22-24-21/h9-12,16H,3-8,13-15H2,1-2H3. The molecule has 2 rings (SSSR count). The van der Waals surface area contributed by atoms with E-state index in [0.29, 0.717) is 25.5 Å². The molecule has 29 heavy (non-hydrogen) atoms. The number of azide groups is 1. The molecular weight excluding hydrogens is 390 g/mol. The van der Waals surface area contributed by atoms with Crippen LogP contribution < -0.4 is 0 Å². The van der Waals surface area contributed by atoms with Gasteiger partial charge in [0.1, 0.15) is 6.26 Å². The van der Waals surface area contributed by atoms with Crippen LogP contribution >= 0.6 is 0 Å². The first-order valence-electron chi connectivity index (χ1n) is 10.1. The van der Waals surface area contributed by atoms with Crippen LogP contribution in [0.1, 0.15) is 51.6 Å². The van der Waals surface area contributed by atoms with Crippen LogP contribution in [-0.4, -0.2) is 37.3 Å². The van der Waals surface area contributed by atoms with Gasteiger partial charge in [-0.25, -0.2) is 13.4 Å². The largest absolute Gasteiger partial charge is 0.444 e. The summed E-state index contributed by atoms with van der Waals surface area (Å²) >= 11 is 0. The number of aromatic nitrogens is 1. The first-order valence-corrected chi connectivity index (χ1v) is 11.5. The van der Waals surface area contributed by atoms with Crippen LogP contribution in [0.4, 0.5) is 0 Å². The Labute approximate surface area is 172 Å². The van der Waals surface area contributed by atoms with E-state index in [1.54, 1.807) is 30.5 Å². The number of aryl methyl sites for hydroxylation is 1. The van der Waals surface area contributed by atoms with Crippen molar-refractivity contribution in [1.82, 2.24) is 9.29 Å². The highest BCUT2D eigenvalue weighted by Crippen LogP contribution is 2.23. The second-order valence-corrected chi connectivity index (χ2v) is 8.78. The van der Waals surface area contributed by atoms with Gasteiger partial charge in [0.2, 0.25) is 15.9 Å². The summed E-state index contributed by atoms with van der Waals surface area (Å²) in [6, 6.07) is 6.70. The molecule has 158 valence electrons. The lowest BCUT2D eigenvalue weighted by Crippen LogP contribution is -2.32. The molecular formula is C20H29N5O3S. The first kappa shape index (κ1) is 22.9. The number of hydrogen-bond acceptors (Lipinski definition) is 5. The van der Waals surface area contributed by atoms with E-state index in [1.165, 1.54) is 4.31 Å². The van der Waals surface area contributed by atoms with Gasteiger partial charge in [0.05, 0.1) is 10.6 Å². The molecule has 1 aromatic carbocycles. The third-order valence-electron chi connectivity index (χ3n) is 4.49. The Morgan fingerprint density at radius 3 is 2.41 bits per heavy atom. The fourth-order valence-corrected chi connectivity index (χ4v) is 4.66. The van der Waals surface area contributed by atoms with E-state index < -0.39 is 10.0 Å². The van der Waals surface area contributed by atoms with Gasteiger partial charge in [0.15, 0.2) is 0 Å². The summed E-state index contributed by atoms with van der Waals surface area (Å²) < 4.78 is 32.8. The monoisotopic (exact) mass is 419 g/mol. The molecule has 0 fully saturated rings. The second-order valence-electron chi connectivity index (χ2n) is 6.84. The van der Waals surface area contributed by atoms with Crippen LogP contribution in [-0.2, 0) is 16.4 Å². The Morgan fingerprint density at radius 2 is 1.79 bits per heavy atom. The maximum Gasteiger partial charge on any atom is 0.243 e. The lowest BCUT2D eigenvalue weighted by atomic mass is 10.1. The van der Waals surface area contributed by atoms with Crippen molar-refractivity contribution in [2.45, 2.75) is 57.3 Å². The van der Waals surface area contributed by atoms with Gasteiger partial charge < -0.3 is 4.42 Å². The van der Waals surface area contributed by atoms with E-state index >= 15 is 0 Å². The van der Waals surface area contributed by atoms with Crippen LogP contribution in [0.15, 0.2) is 45.0 Å². The zero-order chi connectivity index (χ0) is 21.1. The van der Waals surface area contributed by atoms with Crippen molar-refractivity contribution < 1.29 is 12.8 Å². The molecule has 0 bridgehead atoms. The molecule has 0 amide bonds. The predicted molar refractivity (Wildman–Crippen MR) is 113 cm³/mol. The molecule has 0 unspecified atom stereocenters. The fourth-order valence-electron chi connectivity index (χ4n) is 3.03. The highest BCUT2D eigenvalue weighted by atomic mass is 32.2. The Kier molecular flexibility index (Phi) is 9.18. The maximum atomic E-state index is 12.8. The molecule has 8 nitrogen and oxygen atoms in total. The van der Waals surface area contributed by atoms with Crippen molar-refractivity contribution in [2.24, 2.45) is 5.11 Å². The molecule has 9 heteroatoms. The molecule has 1 heterocycles. The second kappa shape index (κ2) is 11.6. The van der Waals surface area contributed by atoms with Crippen molar-refractivity contribution in [2.75, 3.05) is 19.6 Å². The van der Waals surface area contributed by atoms with Crippen molar-refractivity contribution >= 4 is 10.0 Å². The third kappa shape index (κ3) is 6.59. The van der Waals surface area contributed by atoms with E-state index in [9.17, 15) is 8.42 Å². The Balaban J connectivity index is 2.01. The van der Waals surface area contributed by atoms with E-state index in [2.05, 4.69) is 15.0 Å². The van der Waals surface area contributed by atoms with Gasteiger partial charge in [-0.2, -0.15) is 4.31 Å². The molecule has 1 aromatic heterocycles. The summed E-state index contributed by atoms with van der Waals surface area (Å²) in [5.41, 5.74) is 9.85. The van der Waals surface area contributed by atoms with Gasteiger partial charge in [-0.05, 0) is 61.9 Å². The molecule has 0 saturated carbocycles. The smallest absolute Gasteiger partial charge is 0.243 e. The lowest BCUT2D eigenvalue weighted by molar-refractivity contribution is 0.410. The summed E-state index contributed by atoms with van der Waals surface area (Å²) in [7, 11) is -3.49. The SMILES string of the molecule is CCCN(CCC)S(=O)(=O)c1ccc(-c2nc(CCCCCN=[N+]=[N-])co2)cc1. The molecule has 0 aliphatic carbocycles. The van der Waals surface area contributed by atoms with Crippen molar-refractivity contribution in [1.29, 1.82) is 0 Å². The molecule has 0 spiro atoms. The number of benzene rings is 1. The first-order chi connectivity index (χ1) is 14.0. The number of rotatable bonds is 13. The Hall–Kier alpha value is -2.35. The van der Waals surface area contributed by atoms with Crippen LogP contribution in [0.2, 0.25) is 0 Å². The minimum absolute atomic E-state index is 0.287. The number of oxazole rings is 1. The van der Waals surface area contributed by atoms with E-state index in [4.69, 9.17) is 9.95 Å². The fraction of sp³-hybridized carbons (Fsp3) is 0.550. The van der Waals surface area contributed by atoms with Crippen molar-refractivity contribution in [3.05, 3.63) is 46.7 Å². The average molecular weight is 420 g/mol. The average Bonchev–Trinajstić information content (AvgIpc) is 3.19. The molecule has 2 aromatic rings. The maximum absolute atomic E-state index is 12.8. The summed E-state index contributed by atoms with van der Waals surface area (Å²) in [6.45, 7) is 5.50. The van der Waals surface area contributed by atoms with Gasteiger partial charge in [-0.15, -0.1) is 0 Å². The number of hydrogen-bond donors (Lipinski definition) is 0. The van der Waals surface area contributed by atoms with E-state index in [-0.39, 0.29) is 4.90 Å². The summed E-state index contributed by atoms with van der Waals surface area (Å²) in [5, 5.41) is 3.52. The normalized spacial score (nSPS) is 11.6. The van der Waals surface area contributed by atoms with E-state index in [0.717, 1.165) is 49.8 Å². The van der Waals surface area contributed by atoms with E-state index in [1.807, 2.05) is 13.8 Å². The minimum atomic E-state index is -3.49. The van der Waals surface area contributed by atoms with Gasteiger partial charge in [-0.1, -0.05) is 25.4 Å². The summed E-state index contributed by atoms with van der Waals surface area (Å²) in [5.74, 6) is 0.483. The van der Waals surface area contributed by atoms with Gasteiger partial charge >= 0.3 is 0 Å². The lowest BCUT2D eigenvalue weighted by Gasteiger charge is -2.21. The van der Waals surface area contributed by atoms with Crippen LogP contribution in [0, 0.1) is 0 Å². The molecule has 0 saturated heterocycles. The topological polar surface area (TPSA) is 112 Å². The van der Waals surface area contributed by atoms with Gasteiger partial charge in [0.25, 0.3) is 0 Å². The van der Waals surface area contributed by atoms with Crippen LogP contribution in [0.5, 0.6) is 0 Å². The number of sulfonamides is 1. The Morgan fingerprint density at radius 1 is 1.10 bits per heavy atom. The zero-order valence-corrected chi connectivity index (χ0v) is 17.9. The zero-order valence-electron chi connectivity index (χ0n) is 17.1. The number of nitrogens with zero attached hydrogens (tertiary/aromatic N) is 5. The summed E-state index contributed by atoms with van der Waals surface area (Å²) in [4.78, 5) is 7.51. The van der Waals surface area contributed by atoms with Crippen LogP contribution in [0.25, 0.3) is 21.9 Å². The van der Waals surface area contributed by atoms with Gasteiger partial charge in [0, 0.05) is 30.1 Å². The van der Waals surface area contributed by atoms with Gasteiger partial charge in [-0.3, -0.25) is 0 Å². The number of unbranched alkanes of at least 4 members (excludes halogenated alkanes) is 2. The third-order valence-corrected chi connectivity index (χ3v) is 6.40. The minimum Gasteiger partial charge on any atom is -0.444 e. The van der Waals surface area contributed by atoms with Crippen molar-refractivity contribution in [3.63, 3.8) is 0 Å². The quantitative estimate of drug-likeness (QED) is 0.193. The summed E-state index contributed by atoms with van der Waals surface area (Å²) in [6.07, 6.45) is 6.74. The molecule has 0 aliphatic heterocycles. The van der Waals surface area contributed by atoms with Crippen molar-refractivity contribution in [3.8, 4) is 11.5 Å². The molecule has 0 radical (unpaired) electrons. The highest BCUT2D eigenvalue weighted by Gasteiger charge is 2.23. The Bertz CT molecular complexity index is 896. The molecule has 0 N–H and O–H groups in total. The molecule has 0 atom stereocenters. The highest BCUT2D eigenvalue weighted by molar-refractivity contribution is 7.89. The van der Waals surface area contributed by atoms with Crippen LogP contribution in [0.3, 0.4) is 0 Å². The predicted octanol–water partition coefficient (Wildman–Crippen LogP) is 5.18. The molecule has 0 aliphatic rings.